The van der Waals surface area contributed by atoms with E-state index in [1.807, 2.05) is 36.7 Å². The quantitative estimate of drug-likeness (QED) is 0.921. The Balaban J connectivity index is 1.57. The van der Waals surface area contributed by atoms with Gasteiger partial charge in [-0.2, -0.15) is 0 Å². The fourth-order valence-electron chi connectivity index (χ4n) is 2.93. The molecule has 1 aromatic heterocycles. The molecule has 0 bridgehead atoms. The van der Waals surface area contributed by atoms with Crippen molar-refractivity contribution in [2.75, 3.05) is 19.7 Å². The van der Waals surface area contributed by atoms with E-state index >= 15 is 0 Å². The Morgan fingerprint density at radius 3 is 3.14 bits per heavy atom. The van der Waals surface area contributed by atoms with E-state index in [1.165, 1.54) is 5.56 Å². The summed E-state index contributed by atoms with van der Waals surface area (Å²) in [5.41, 5.74) is 3.32. The molecule has 4 nitrogen and oxygen atoms in total. The standard InChI is InChI=1S/C17H22N2O2S/c1-14-4-2-5-16(8-14)21-12-17(20)6-3-7-19(11-17)9-15-10-22-13-18-15/h2,4-5,8,10,13,20H,3,6-7,9,11-12H2,1H3. The summed E-state index contributed by atoms with van der Waals surface area (Å²) in [6.07, 6.45) is 1.77. The first-order chi connectivity index (χ1) is 10.6. The number of β-amino-alcohol motifs (C(OH)–C–C–N with tert-alkyl or cyclic N) is 1. The summed E-state index contributed by atoms with van der Waals surface area (Å²) >= 11 is 1.61. The number of thiazole rings is 1. The second-order valence-corrected chi connectivity index (χ2v) is 6.84. The number of rotatable bonds is 5. The van der Waals surface area contributed by atoms with Crippen molar-refractivity contribution in [1.82, 2.24) is 9.88 Å². The van der Waals surface area contributed by atoms with E-state index in [0.29, 0.717) is 13.2 Å². The lowest BCUT2D eigenvalue weighted by molar-refractivity contribution is -0.0623. The van der Waals surface area contributed by atoms with Crippen LogP contribution in [0.3, 0.4) is 0 Å². The van der Waals surface area contributed by atoms with E-state index < -0.39 is 5.60 Å². The molecule has 0 amide bonds. The first-order valence-corrected chi connectivity index (χ1v) is 8.59. The lowest BCUT2D eigenvalue weighted by atomic mass is 9.93. The molecule has 1 saturated heterocycles. The second-order valence-electron chi connectivity index (χ2n) is 6.12. The molecule has 22 heavy (non-hydrogen) atoms. The maximum atomic E-state index is 10.8. The van der Waals surface area contributed by atoms with Crippen LogP contribution in [0.25, 0.3) is 0 Å². The van der Waals surface area contributed by atoms with Crippen molar-refractivity contribution in [3.63, 3.8) is 0 Å². The number of hydrogen-bond donors (Lipinski definition) is 1. The first-order valence-electron chi connectivity index (χ1n) is 7.64. The Morgan fingerprint density at radius 2 is 2.36 bits per heavy atom. The van der Waals surface area contributed by atoms with Crippen molar-refractivity contribution in [3.05, 3.63) is 46.4 Å². The molecule has 1 aromatic carbocycles. The van der Waals surface area contributed by atoms with Crippen LogP contribution in [-0.2, 0) is 6.54 Å². The Hall–Kier alpha value is -1.43. The highest BCUT2D eigenvalue weighted by Crippen LogP contribution is 2.24. The molecule has 0 saturated carbocycles. The van der Waals surface area contributed by atoms with Gasteiger partial charge in [0, 0.05) is 18.5 Å². The number of aromatic nitrogens is 1. The third-order valence-electron chi connectivity index (χ3n) is 4.00. The molecule has 1 N–H and O–H groups in total. The highest BCUT2D eigenvalue weighted by atomic mass is 32.1. The van der Waals surface area contributed by atoms with Crippen LogP contribution in [0.4, 0.5) is 0 Å². The smallest absolute Gasteiger partial charge is 0.119 e. The van der Waals surface area contributed by atoms with Gasteiger partial charge < -0.3 is 9.84 Å². The van der Waals surface area contributed by atoms with E-state index in [2.05, 4.69) is 15.3 Å². The Kier molecular flexibility index (Phi) is 4.76. The summed E-state index contributed by atoms with van der Waals surface area (Å²) in [7, 11) is 0. The molecule has 1 fully saturated rings. The summed E-state index contributed by atoms with van der Waals surface area (Å²) in [4.78, 5) is 6.59. The summed E-state index contributed by atoms with van der Waals surface area (Å²) in [6, 6.07) is 7.95. The number of nitrogens with zero attached hydrogens (tertiary/aromatic N) is 2. The number of ether oxygens (including phenoxy) is 1. The molecule has 1 aliphatic rings. The molecule has 118 valence electrons. The highest BCUT2D eigenvalue weighted by molar-refractivity contribution is 7.07. The van der Waals surface area contributed by atoms with Crippen LogP contribution in [0.15, 0.2) is 35.2 Å². The minimum atomic E-state index is -0.780. The fraction of sp³-hybridized carbons (Fsp3) is 0.471. The molecule has 0 spiro atoms. The second kappa shape index (κ2) is 6.77. The predicted octanol–water partition coefficient (Wildman–Crippen LogP) is 2.86. The minimum Gasteiger partial charge on any atom is -0.491 e. The van der Waals surface area contributed by atoms with Crippen LogP contribution < -0.4 is 4.74 Å². The Bertz CT molecular complexity index is 602. The topological polar surface area (TPSA) is 45.6 Å². The molecule has 2 heterocycles. The van der Waals surface area contributed by atoms with E-state index in [4.69, 9.17) is 4.74 Å². The zero-order chi connectivity index (χ0) is 15.4. The number of likely N-dealkylation sites (tertiary alicyclic amines) is 1. The van der Waals surface area contributed by atoms with Gasteiger partial charge in [-0.3, -0.25) is 4.90 Å². The zero-order valence-corrected chi connectivity index (χ0v) is 13.7. The Labute approximate surface area is 135 Å². The van der Waals surface area contributed by atoms with Gasteiger partial charge in [0.2, 0.25) is 0 Å². The molecule has 1 atom stereocenters. The number of aliphatic hydroxyl groups is 1. The summed E-state index contributed by atoms with van der Waals surface area (Å²) in [5.74, 6) is 0.824. The predicted molar refractivity (Wildman–Crippen MR) is 88.2 cm³/mol. The molecule has 0 aliphatic carbocycles. The van der Waals surface area contributed by atoms with Crippen molar-refractivity contribution in [3.8, 4) is 5.75 Å². The summed E-state index contributed by atoms with van der Waals surface area (Å²) < 4.78 is 5.82. The van der Waals surface area contributed by atoms with E-state index in [1.54, 1.807) is 11.3 Å². The van der Waals surface area contributed by atoms with Crippen molar-refractivity contribution in [2.45, 2.75) is 31.9 Å². The van der Waals surface area contributed by atoms with Gasteiger partial charge >= 0.3 is 0 Å². The van der Waals surface area contributed by atoms with E-state index in [9.17, 15) is 5.11 Å². The first kappa shape index (κ1) is 15.5. The van der Waals surface area contributed by atoms with Gasteiger partial charge in [-0.25, -0.2) is 4.98 Å². The van der Waals surface area contributed by atoms with Crippen LogP contribution in [-0.4, -0.2) is 40.3 Å². The number of piperidine rings is 1. The number of hydrogen-bond acceptors (Lipinski definition) is 5. The maximum absolute atomic E-state index is 10.8. The van der Waals surface area contributed by atoms with Crippen LogP contribution in [0.2, 0.25) is 0 Å². The van der Waals surface area contributed by atoms with Gasteiger partial charge in [-0.05, 0) is 44.0 Å². The molecule has 1 aliphatic heterocycles. The lowest BCUT2D eigenvalue weighted by Crippen LogP contribution is -2.51. The van der Waals surface area contributed by atoms with E-state index in [-0.39, 0.29) is 0 Å². The molecular formula is C17H22N2O2S. The lowest BCUT2D eigenvalue weighted by Gasteiger charge is -2.38. The van der Waals surface area contributed by atoms with Crippen molar-refractivity contribution < 1.29 is 9.84 Å². The monoisotopic (exact) mass is 318 g/mol. The van der Waals surface area contributed by atoms with E-state index in [0.717, 1.165) is 37.4 Å². The van der Waals surface area contributed by atoms with Gasteiger partial charge in [0.15, 0.2) is 0 Å². The highest BCUT2D eigenvalue weighted by Gasteiger charge is 2.34. The average molecular weight is 318 g/mol. The molecule has 0 radical (unpaired) electrons. The molecule has 3 rings (SSSR count). The normalized spacial score (nSPS) is 22.6. The average Bonchev–Trinajstić information content (AvgIpc) is 2.98. The van der Waals surface area contributed by atoms with Crippen molar-refractivity contribution in [2.24, 2.45) is 0 Å². The molecule has 2 aromatic rings. The maximum Gasteiger partial charge on any atom is 0.119 e. The molecule has 1 unspecified atom stereocenters. The minimum absolute atomic E-state index is 0.337. The number of aryl methyl sites for hydroxylation is 1. The van der Waals surface area contributed by atoms with Crippen LogP contribution in [0.1, 0.15) is 24.1 Å². The van der Waals surface area contributed by atoms with Crippen LogP contribution in [0, 0.1) is 6.92 Å². The van der Waals surface area contributed by atoms with Crippen LogP contribution in [0.5, 0.6) is 5.75 Å². The molecule has 5 heteroatoms. The van der Waals surface area contributed by atoms with Gasteiger partial charge in [0.1, 0.15) is 18.0 Å². The fourth-order valence-corrected chi connectivity index (χ4v) is 3.48. The number of benzene rings is 1. The molecular weight excluding hydrogens is 296 g/mol. The van der Waals surface area contributed by atoms with Gasteiger partial charge in [0.25, 0.3) is 0 Å². The Morgan fingerprint density at radius 1 is 1.45 bits per heavy atom. The zero-order valence-electron chi connectivity index (χ0n) is 12.9. The van der Waals surface area contributed by atoms with Gasteiger partial charge in [0.05, 0.1) is 11.2 Å². The van der Waals surface area contributed by atoms with Gasteiger partial charge in [-0.1, -0.05) is 12.1 Å². The van der Waals surface area contributed by atoms with Crippen molar-refractivity contribution in [1.29, 1.82) is 0 Å². The summed E-state index contributed by atoms with van der Waals surface area (Å²) in [5, 5.41) is 12.9. The van der Waals surface area contributed by atoms with Crippen LogP contribution >= 0.6 is 11.3 Å². The summed E-state index contributed by atoms with van der Waals surface area (Å²) in [6.45, 7) is 4.82. The third-order valence-corrected chi connectivity index (χ3v) is 4.64. The third kappa shape index (κ3) is 4.06. The SMILES string of the molecule is Cc1cccc(OCC2(O)CCCN(Cc3cscn3)C2)c1. The largest absolute Gasteiger partial charge is 0.491 e. The van der Waals surface area contributed by atoms with Gasteiger partial charge in [-0.15, -0.1) is 11.3 Å². The van der Waals surface area contributed by atoms with Crippen molar-refractivity contribution >= 4 is 11.3 Å².